The summed E-state index contributed by atoms with van der Waals surface area (Å²) in [7, 11) is 0. The van der Waals surface area contributed by atoms with Gasteiger partial charge in [-0.05, 0) is 24.6 Å². The number of phenolic OH excluding ortho intramolecular Hbond substituents is 1. The van der Waals surface area contributed by atoms with Gasteiger partial charge in [0.2, 0.25) is 0 Å². The molecule has 0 heterocycles. The van der Waals surface area contributed by atoms with Gasteiger partial charge in [-0.3, -0.25) is 4.79 Å². The molecule has 1 aromatic carbocycles. The molecule has 16 heavy (non-hydrogen) atoms. The second-order valence-electron chi connectivity index (χ2n) is 3.49. The van der Waals surface area contributed by atoms with Crippen LogP contribution < -0.4 is 5.32 Å². The van der Waals surface area contributed by atoms with Crippen LogP contribution in [-0.4, -0.2) is 22.4 Å². The lowest BCUT2D eigenvalue weighted by Crippen LogP contribution is -2.25. The largest absolute Gasteiger partial charge is 0.508 e. The van der Waals surface area contributed by atoms with Gasteiger partial charge in [0.1, 0.15) is 5.75 Å². The van der Waals surface area contributed by atoms with E-state index in [1.807, 2.05) is 6.92 Å². The molecule has 0 aliphatic heterocycles. The van der Waals surface area contributed by atoms with Gasteiger partial charge < -0.3 is 10.4 Å². The van der Waals surface area contributed by atoms with Crippen molar-refractivity contribution in [1.29, 1.82) is 0 Å². The van der Waals surface area contributed by atoms with Crippen LogP contribution in [0.1, 0.15) is 23.7 Å². The number of hydrogen-bond donors (Lipinski definition) is 2. The van der Waals surface area contributed by atoms with E-state index < -0.39 is 0 Å². The Hall–Kier alpha value is -0.740. The molecule has 3 nitrogen and oxygen atoms in total. The average molecular weight is 307 g/mol. The number of rotatable bonds is 4. The maximum Gasteiger partial charge on any atom is 0.252 e. The normalized spacial score (nSPS) is 12.2. The van der Waals surface area contributed by atoms with Crippen molar-refractivity contribution in [2.24, 2.45) is 0 Å². The zero-order valence-electron chi connectivity index (χ0n) is 8.84. The molecule has 0 spiro atoms. The molecule has 0 aliphatic rings. The third kappa shape index (κ3) is 4.02. The minimum absolute atomic E-state index is 0.0309. The number of halogens is 2. The highest BCUT2D eigenvalue weighted by Crippen LogP contribution is 2.20. The third-order valence-electron chi connectivity index (χ3n) is 2.02. The average Bonchev–Trinajstić information content (AvgIpc) is 2.21. The first kappa shape index (κ1) is 13.3. The van der Waals surface area contributed by atoms with Crippen molar-refractivity contribution >= 4 is 33.4 Å². The number of alkyl halides is 1. The summed E-state index contributed by atoms with van der Waals surface area (Å²) in [6.45, 7) is 2.57. The number of aromatic hydroxyl groups is 1. The molecule has 0 saturated carbocycles. The van der Waals surface area contributed by atoms with Crippen LogP contribution in [0.5, 0.6) is 5.75 Å². The van der Waals surface area contributed by atoms with Crippen LogP contribution >= 0.6 is 27.5 Å². The first-order valence-corrected chi connectivity index (χ1v) is 6.21. The van der Waals surface area contributed by atoms with Gasteiger partial charge in [0.05, 0.1) is 10.6 Å². The standard InChI is InChI=1S/C11H13BrClNO2/c1-7(12)4-5-14-11(16)9-6-8(15)2-3-10(9)13/h2-3,6-7,15H,4-5H2,1H3,(H,14,16). The minimum Gasteiger partial charge on any atom is -0.508 e. The Balaban J connectivity index is 2.62. The molecule has 0 fully saturated rings. The Morgan fingerprint density at radius 2 is 2.31 bits per heavy atom. The molecule has 2 N–H and O–H groups in total. The van der Waals surface area contributed by atoms with Crippen LogP contribution in [0.4, 0.5) is 0 Å². The van der Waals surface area contributed by atoms with Gasteiger partial charge in [-0.15, -0.1) is 0 Å². The Labute approximate surface area is 108 Å². The molecule has 1 aromatic rings. The molecule has 0 aliphatic carbocycles. The van der Waals surface area contributed by atoms with Gasteiger partial charge in [-0.1, -0.05) is 34.5 Å². The highest BCUT2D eigenvalue weighted by atomic mass is 79.9. The maximum absolute atomic E-state index is 11.7. The molecule has 1 rings (SSSR count). The monoisotopic (exact) mass is 305 g/mol. The quantitative estimate of drug-likeness (QED) is 0.840. The summed E-state index contributed by atoms with van der Waals surface area (Å²) in [5.41, 5.74) is 0.295. The van der Waals surface area contributed by atoms with Crippen LogP contribution in [0.2, 0.25) is 5.02 Å². The highest BCUT2D eigenvalue weighted by molar-refractivity contribution is 9.09. The van der Waals surface area contributed by atoms with Crippen LogP contribution in [0.25, 0.3) is 0 Å². The van der Waals surface area contributed by atoms with E-state index in [9.17, 15) is 9.90 Å². The Kier molecular flexibility index (Phi) is 5.09. The fraction of sp³-hybridized carbons (Fsp3) is 0.364. The summed E-state index contributed by atoms with van der Waals surface area (Å²) >= 11 is 9.24. The van der Waals surface area contributed by atoms with E-state index >= 15 is 0 Å². The van der Waals surface area contributed by atoms with Crippen molar-refractivity contribution in [2.75, 3.05) is 6.54 Å². The summed E-state index contributed by atoms with van der Waals surface area (Å²) < 4.78 is 0. The predicted molar refractivity (Wildman–Crippen MR) is 68.5 cm³/mol. The Morgan fingerprint density at radius 3 is 2.94 bits per heavy atom. The molecule has 0 aromatic heterocycles. The van der Waals surface area contributed by atoms with E-state index in [2.05, 4.69) is 21.2 Å². The maximum atomic E-state index is 11.7. The summed E-state index contributed by atoms with van der Waals surface area (Å²) in [4.78, 5) is 12.0. The van der Waals surface area contributed by atoms with E-state index in [0.717, 1.165) is 6.42 Å². The van der Waals surface area contributed by atoms with Crippen molar-refractivity contribution in [3.8, 4) is 5.75 Å². The smallest absolute Gasteiger partial charge is 0.252 e. The Bertz CT molecular complexity index is 382. The lowest BCUT2D eigenvalue weighted by Gasteiger charge is -2.07. The van der Waals surface area contributed by atoms with Crippen molar-refractivity contribution < 1.29 is 9.90 Å². The lowest BCUT2D eigenvalue weighted by molar-refractivity contribution is 0.0953. The lowest BCUT2D eigenvalue weighted by atomic mass is 10.2. The molecular weight excluding hydrogens is 293 g/mol. The van der Waals surface area contributed by atoms with Crippen molar-refractivity contribution in [3.05, 3.63) is 28.8 Å². The van der Waals surface area contributed by atoms with E-state index in [-0.39, 0.29) is 11.7 Å². The first-order valence-electron chi connectivity index (χ1n) is 4.91. The summed E-state index contributed by atoms with van der Waals surface area (Å²) in [6, 6.07) is 4.30. The highest BCUT2D eigenvalue weighted by Gasteiger charge is 2.10. The van der Waals surface area contributed by atoms with Crippen molar-refractivity contribution in [3.63, 3.8) is 0 Å². The van der Waals surface area contributed by atoms with Gasteiger partial charge in [-0.2, -0.15) is 0 Å². The van der Waals surface area contributed by atoms with Crippen molar-refractivity contribution in [2.45, 2.75) is 18.2 Å². The molecular formula is C11H13BrClNO2. The SMILES string of the molecule is CC(Br)CCNC(=O)c1cc(O)ccc1Cl. The van der Waals surface area contributed by atoms with Gasteiger partial charge >= 0.3 is 0 Å². The molecule has 1 amide bonds. The van der Waals surface area contributed by atoms with E-state index in [1.165, 1.54) is 18.2 Å². The molecule has 0 bridgehead atoms. The van der Waals surface area contributed by atoms with Gasteiger partial charge in [-0.25, -0.2) is 0 Å². The fourth-order valence-corrected chi connectivity index (χ4v) is 1.60. The second-order valence-corrected chi connectivity index (χ2v) is 5.46. The van der Waals surface area contributed by atoms with Crippen LogP contribution in [-0.2, 0) is 0 Å². The minimum atomic E-state index is -0.269. The number of hydrogen-bond acceptors (Lipinski definition) is 2. The summed E-state index contributed by atoms with van der Waals surface area (Å²) in [6.07, 6.45) is 0.835. The predicted octanol–water partition coefficient (Wildman–Crippen LogP) is 2.95. The molecule has 5 heteroatoms. The molecule has 1 atom stereocenters. The summed E-state index contributed by atoms with van der Waals surface area (Å²) in [5, 5.41) is 12.3. The third-order valence-corrected chi connectivity index (χ3v) is 2.81. The number of amides is 1. The number of carbonyl (C=O) groups is 1. The van der Waals surface area contributed by atoms with Crippen LogP contribution in [0, 0.1) is 0 Å². The zero-order chi connectivity index (χ0) is 12.1. The van der Waals surface area contributed by atoms with E-state index in [4.69, 9.17) is 11.6 Å². The van der Waals surface area contributed by atoms with Gasteiger partial charge in [0.15, 0.2) is 0 Å². The summed E-state index contributed by atoms with van der Waals surface area (Å²) in [5.74, 6) is -0.238. The molecule has 0 saturated heterocycles. The molecule has 1 unspecified atom stereocenters. The van der Waals surface area contributed by atoms with Crippen molar-refractivity contribution in [1.82, 2.24) is 5.32 Å². The second kappa shape index (κ2) is 6.11. The van der Waals surface area contributed by atoms with Gasteiger partial charge in [0.25, 0.3) is 5.91 Å². The Morgan fingerprint density at radius 1 is 1.62 bits per heavy atom. The number of nitrogens with one attached hydrogen (secondary N) is 1. The topological polar surface area (TPSA) is 49.3 Å². The number of carbonyl (C=O) groups excluding carboxylic acids is 1. The first-order chi connectivity index (χ1) is 7.50. The van der Waals surface area contributed by atoms with E-state index in [1.54, 1.807) is 0 Å². The van der Waals surface area contributed by atoms with Crippen LogP contribution in [0.3, 0.4) is 0 Å². The zero-order valence-corrected chi connectivity index (χ0v) is 11.2. The van der Waals surface area contributed by atoms with Gasteiger partial charge in [0, 0.05) is 11.4 Å². The van der Waals surface area contributed by atoms with E-state index in [0.29, 0.717) is 22.0 Å². The number of benzene rings is 1. The number of phenols is 1. The molecule has 0 radical (unpaired) electrons. The molecule has 88 valence electrons. The fourth-order valence-electron chi connectivity index (χ4n) is 1.17. The van der Waals surface area contributed by atoms with Crippen LogP contribution in [0.15, 0.2) is 18.2 Å².